The first kappa shape index (κ1) is 41.7. The standard InChI is InChI=1S/C44H79N/c1-31(2)26-37(8,9)38(10,11)28-39(12,13)42(18,19)34-23-33(36(5,6)7)24-35(25-34)43(20,21)40(14,15)29-41(16,17)44(22,30-45)27-32(3)4/h23-27H,28-30,45H2,1-22H3. The van der Waals surface area contributed by atoms with Crippen LogP contribution >= 0.6 is 0 Å². The minimum atomic E-state index is -0.0737. The van der Waals surface area contributed by atoms with Gasteiger partial charge in [0.1, 0.15) is 0 Å². The molecular weight excluding hydrogens is 542 g/mol. The van der Waals surface area contributed by atoms with Crippen LogP contribution in [0.15, 0.2) is 41.5 Å². The van der Waals surface area contributed by atoms with Crippen molar-refractivity contribution >= 4 is 0 Å². The van der Waals surface area contributed by atoms with Gasteiger partial charge in [0.05, 0.1) is 0 Å². The molecule has 0 saturated heterocycles. The Balaban J connectivity index is 3.88. The molecule has 0 heterocycles. The Morgan fingerprint density at radius 2 is 0.822 bits per heavy atom. The maximum Gasteiger partial charge on any atom is 0.00298 e. The van der Waals surface area contributed by atoms with Gasteiger partial charge in [0.25, 0.3) is 0 Å². The highest BCUT2D eigenvalue weighted by atomic mass is 14.6. The van der Waals surface area contributed by atoms with Gasteiger partial charge in [0, 0.05) is 12.0 Å². The zero-order chi connectivity index (χ0) is 36.0. The molecule has 0 aromatic heterocycles. The lowest BCUT2D eigenvalue weighted by molar-refractivity contribution is 0.0426. The van der Waals surface area contributed by atoms with E-state index < -0.39 is 0 Å². The fourth-order valence-corrected chi connectivity index (χ4v) is 7.73. The van der Waals surface area contributed by atoms with E-state index >= 15 is 0 Å². The lowest BCUT2D eigenvalue weighted by Crippen LogP contribution is -2.47. The topological polar surface area (TPSA) is 26.0 Å². The monoisotopic (exact) mass is 622 g/mol. The maximum absolute atomic E-state index is 6.50. The number of nitrogens with two attached hydrogens (primary N) is 1. The smallest absolute Gasteiger partial charge is 0.00298 e. The van der Waals surface area contributed by atoms with Crippen LogP contribution in [0.3, 0.4) is 0 Å². The molecule has 0 bridgehead atoms. The van der Waals surface area contributed by atoms with Crippen molar-refractivity contribution in [3.63, 3.8) is 0 Å². The summed E-state index contributed by atoms with van der Waals surface area (Å²) in [6.45, 7) is 53.5. The molecule has 0 aliphatic carbocycles. The molecule has 1 aromatic carbocycles. The minimum absolute atomic E-state index is 0.0201. The van der Waals surface area contributed by atoms with Crippen molar-refractivity contribution in [3.8, 4) is 0 Å². The predicted octanol–water partition coefficient (Wildman–Crippen LogP) is 13.3. The van der Waals surface area contributed by atoms with Crippen molar-refractivity contribution in [1.82, 2.24) is 0 Å². The van der Waals surface area contributed by atoms with Gasteiger partial charge in [-0.1, -0.05) is 166 Å². The van der Waals surface area contributed by atoms with E-state index in [4.69, 9.17) is 5.73 Å². The molecule has 1 aromatic rings. The zero-order valence-electron chi connectivity index (χ0n) is 34.6. The summed E-state index contributed by atoms with van der Waals surface area (Å²) in [4.78, 5) is 0. The summed E-state index contributed by atoms with van der Waals surface area (Å²) in [7, 11) is 0. The molecule has 1 unspecified atom stereocenters. The summed E-state index contributed by atoms with van der Waals surface area (Å²) in [5, 5.41) is 0. The summed E-state index contributed by atoms with van der Waals surface area (Å²) in [6.07, 6.45) is 7.10. The lowest BCUT2D eigenvalue weighted by atomic mass is 9.52. The van der Waals surface area contributed by atoms with Crippen LogP contribution in [0.5, 0.6) is 0 Å². The lowest BCUT2D eigenvalue weighted by Gasteiger charge is -2.53. The van der Waals surface area contributed by atoms with Gasteiger partial charge in [0.2, 0.25) is 0 Å². The van der Waals surface area contributed by atoms with Crippen molar-refractivity contribution in [2.45, 2.75) is 181 Å². The molecule has 2 N–H and O–H groups in total. The van der Waals surface area contributed by atoms with E-state index in [0.29, 0.717) is 6.54 Å². The fourth-order valence-electron chi connectivity index (χ4n) is 7.73. The van der Waals surface area contributed by atoms with Crippen LogP contribution in [-0.4, -0.2) is 6.54 Å². The molecule has 1 nitrogen and oxygen atoms in total. The molecule has 260 valence electrons. The second-order valence-corrected chi connectivity index (χ2v) is 21.0. The molecule has 0 amide bonds. The zero-order valence-corrected chi connectivity index (χ0v) is 34.6. The molecule has 0 spiro atoms. The molecule has 0 aliphatic heterocycles. The predicted molar refractivity (Wildman–Crippen MR) is 205 cm³/mol. The fraction of sp³-hybridized carbons (Fsp3) is 0.773. The van der Waals surface area contributed by atoms with Gasteiger partial charge in [-0.3, -0.25) is 0 Å². The molecule has 1 rings (SSSR count). The Kier molecular flexibility index (Phi) is 12.0. The van der Waals surface area contributed by atoms with Crippen molar-refractivity contribution in [1.29, 1.82) is 0 Å². The maximum atomic E-state index is 6.50. The number of hydrogen-bond acceptors (Lipinski definition) is 1. The van der Waals surface area contributed by atoms with Gasteiger partial charge in [-0.2, -0.15) is 0 Å². The highest BCUT2D eigenvalue weighted by molar-refractivity contribution is 5.42. The quantitative estimate of drug-likeness (QED) is 0.218. The van der Waals surface area contributed by atoms with Crippen LogP contribution in [0.4, 0.5) is 0 Å². The highest BCUT2D eigenvalue weighted by Gasteiger charge is 2.49. The Morgan fingerprint density at radius 1 is 0.489 bits per heavy atom. The first-order chi connectivity index (χ1) is 19.6. The van der Waals surface area contributed by atoms with Crippen LogP contribution in [-0.2, 0) is 16.2 Å². The van der Waals surface area contributed by atoms with E-state index in [2.05, 4.69) is 183 Å². The second-order valence-electron chi connectivity index (χ2n) is 21.0. The third-order valence-electron chi connectivity index (χ3n) is 13.4. The minimum Gasteiger partial charge on any atom is -0.330 e. The van der Waals surface area contributed by atoms with E-state index in [0.717, 1.165) is 12.8 Å². The first-order valence-electron chi connectivity index (χ1n) is 17.8. The number of benzene rings is 1. The van der Waals surface area contributed by atoms with E-state index in [-0.39, 0.29) is 48.7 Å². The van der Waals surface area contributed by atoms with E-state index in [1.807, 2.05) is 0 Å². The highest BCUT2D eigenvalue weighted by Crippen LogP contribution is 2.57. The third-order valence-corrected chi connectivity index (χ3v) is 13.4. The Labute approximate surface area is 283 Å². The van der Waals surface area contributed by atoms with Crippen LogP contribution in [0.2, 0.25) is 0 Å². The number of allylic oxidation sites excluding steroid dienone is 3. The van der Waals surface area contributed by atoms with E-state index in [1.54, 1.807) is 0 Å². The van der Waals surface area contributed by atoms with Crippen LogP contribution in [0.1, 0.15) is 182 Å². The summed E-state index contributed by atoms with van der Waals surface area (Å²) in [5.41, 5.74) is 13.8. The molecular formula is C44H79N. The van der Waals surface area contributed by atoms with Gasteiger partial charge < -0.3 is 5.73 Å². The Morgan fingerprint density at radius 3 is 1.13 bits per heavy atom. The average molecular weight is 622 g/mol. The first-order valence-corrected chi connectivity index (χ1v) is 17.8. The average Bonchev–Trinajstić information content (AvgIpc) is 2.80. The Hall–Kier alpha value is -1.34. The van der Waals surface area contributed by atoms with Gasteiger partial charge >= 0.3 is 0 Å². The molecule has 0 saturated carbocycles. The van der Waals surface area contributed by atoms with Crippen molar-refractivity contribution in [2.24, 2.45) is 38.2 Å². The summed E-state index contributed by atoms with van der Waals surface area (Å²) in [6, 6.07) is 7.65. The summed E-state index contributed by atoms with van der Waals surface area (Å²) in [5.74, 6) is 0. The number of hydrogen-bond donors (Lipinski definition) is 1. The molecule has 0 fully saturated rings. The van der Waals surface area contributed by atoms with Crippen molar-refractivity contribution in [3.05, 3.63) is 58.2 Å². The largest absolute Gasteiger partial charge is 0.330 e. The second kappa shape index (κ2) is 12.9. The SMILES string of the molecule is CC(C)=CC(C)(C)C(C)(C)CC(C)(C)C(C)(C)c1cc(C(C)(C)C)cc(C(C)(C)C(C)(C)CC(C)(C)C(C)(C=C(C)C)CN)c1. The molecule has 0 radical (unpaired) electrons. The third kappa shape index (κ3) is 8.77. The van der Waals surface area contributed by atoms with Crippen LogP contribution in [0, 0.1) is 32.5 Å². The molecule has 1 atom stereocenters. The van der Waals surface area contributed by atoms with Gasteiger partial charge in [-0.25, -0.2) is 0 Å². The molecule has 45 heavy (non-hydrogen) atoms. The summed E-state index contributed by atoms with van der Waals surface area (Å²) < 4.78 is 0. The van der Waals surface area contributed by atoms with Crippen molar-refractivity contribution in [2.75, 3.05) is 6.54 Å². The molecule has 0 aliphatic rings. The Bertz CT molecular complexity index is 1220. The normalized spacial score (nSPS) is 15.9. The molecule has 1 heteroatoms. The van der Waals surface area contributed by atoms with Crippen molar-refractivity contribution < 1.29 is 0 Å². The van der Waals surface area contributed by atoms with Gasteiger partial charge in [0.15, 0.2) is 0 Å². The van der Waals surface area contributed by atoms with E-state index in [1.165, 1.54) is 27.8 Å². The van der Waals surface area contributed by atoms with E-state index in [9.17, 15) is 0 Å². The van der Waals surface area contributed by atoms with Gasteiger partial charge in [-0.05, 0) is 101 Å². The summed E-state index contributed by atoms with van der Waals surface area (Å²) >= 11 is 0. The van der Waals surface area contributed by atoms with Crippen LogP contribution in [0.25, 0.3) is 0 Å². The van der Waals surface area contributed by atoms with Crippen LogP contribution < -0.4 is 5.73 Å². The van der Waals surface area contributed by atoms with Gasteiger partial charge in [-0.15, -0.1) is 0 Å². The number of rotatable bonds is 13.